The van der Waals surface area contributed by atoms with Crippen LogP contribution in [0.15, 0.2) is 54.6 Å². The SMILES string of the molecule is CC(C)(Br)CC(C)(C)Oc1ccc(C(=O)c2ccccc2)cc1. The molecule has 0 aromatic heterocycles. The minimum absolute atomic E-state index is 0.0136. The Labute approximate surface area is 147 Å². The number of hydrogen-bond donors (Lipinski definition) is 0. The molecule has 0 radical (unpaired) electrons. The van der Waals surface area contributed by atoms with Gasteiger partial charge in [-0.15, -0.1) is 0 Å². The topological polar surface area (TPSA) is 26.3 Å². The quantitative estimate of drug-likeness (QED) is 0.483. The van der Waals surface area contributed by atoms with E-state index in [1.165, 1.54) is 0 Å². The maximum absolute atomic E-state index is 12.4. The maximum Gasteiger partial charge on any atom is 0.193 e. The first kappa shape index (κ1) is 17.7. The van der Waals surface area contributed by atoms with Crippen LogP contribution >= 0.6 is 15.9 Å². The van der Waals surface area contributed by atoms with Crippen LogP contribution in [0.3, 0.4) is 0 Å². The molecule has 0 N–H and O–H groups in total. The normalized spacial score (nSPS) is 12.0. The van der Waals surface area contributed by atoms with E-state index in [0.717, 1.165) is 12.2 Å². The lowest BCUT2D eigenvalue weighted by Gasteiger charge is -2.32. The summed E-state index contributed by atoms with van der Waals surface area (Å²) >= 11 is 3.66. The molecule has 0 fully saturated rings. The first-order valence-corrected chi connectivity index (χ1v) is 8.53. The van der Waals surface area contributed by atoms with E-state index in [-0.39, 0.29) is 15.7 Å². The van der Waals surface area contributed by atoms with Gasteiger partial charge in [0.25, 0.3) is 0 Å². The minimum Gasteiger partial charge on any atom is -0.488 e. The molecule has 122 valence electrons. The summed E-state index contributed by atoms with van der Waals surface area (Å²) in [4.78, 5) is 12.4. The number of benzene rings is 2. The Bertz CT molecular complexity index is 652. The largest absolute Gasteiger partial charge is 0.488 e. The van der Waals surface area contributed by atoms with E-state index in [1.54, 1.807) is 0 Å². The second kappa shape index (κ2) is 6.88. The van der Waals surface area contributed by atoms with E-state index in [2.05, 4.69) is 43.6 Å². The van der Waals surface area contributed by atoms with Crippen LogP contribution in [0.4, 0.5) is 0 Å². The van der Waals surface area contributed by atoms with Gasteiger partial charge in [-0.2, -0.15) is 0 Å². The number of rotatable bonds is 6. The van der Waals surface area contributed by atoms with Gasteiger partial charge in [-0.1, -0.05) is 46.3 Å². The predicted molar refractivity (Wildman–Crippen MR) is 98.6 cm³/mol. The second-order valence-electron chi connectivity index (χ2n) is 6.98. The van der Waals surface area contributed by atoms with Crippen molar-refractivity contribution >= 4 is 21.7 Å². The smallest absolute Gasteiger partial charge is 0.193 e. The monoisotopic (exact) mass is 374 g/mol. The number of halogens is 1. The molecule has 0 saturated heterocycles. The number of alkyl halides is 1. The van der Waals surface area contributed by atoms with Crippen molar-refractivity contribution in [2.75, 3.05) is 0 Å². The maximum atomic E-state index is 12.4. The van der Waals surface area contributed by atoms with Crippen molar-refractivity contribution in [2.24, 2.45) is 0 Å². The standard InChI is InChI=1S/C20H23BrO2/c1-19(2,21)14-20(3,4)23-17-12-10-16(11-13-17)18(22)15-8-6-5-7-9-15/h5-13H,14H2,1-4H3. The molecule has 0 bridgehead atoms. The lowest BCUT2D eigenvalue weighted by molar-refractivity contribution is 0.0914. The fraction of sp³-hybridized carbons (Fsp3) is 0.350. The predicted octanol–water partition coefficient (Wildman–Crippen LogP) is 5.64. The zero-order valence-electron chi connectivity index (χ0n) is 14.1. The number of hydrogen-bond acceptors (Lipinski definition) is 2. The van der Waals surface area contributed by atoms with Crippen LogP contribution in [0.2, 0.25) is 0 Å². The van der Waals surface area contributed by atoms with Crippen molar-refractivity contribution in [3.8, 4) is 5.75 Å². The molecule has 2 nitrogen and oxygen atoms in total. The van der Waals surface area contributed by atoms with Crippen molar-refractivity contribution in [3.63, 3.8) is 0 Å². The van der Waals surface area contributed by atoms with Gasteiger partial charge in [-0.25, -0.2) is 0 Å². The molecule has 0 unspecified atom stereocenters. The van der Waals surface area contributed by atoms with Gasteiger partial charge in [-0.05, 0) is 52.0 Å². The van der Waals surface area contributed by atoms with E-state index in [1.807, 2.05) is 54.6 Å². The third-order valence-electron chi connectivity index (χ3n) is 3.39. The van der Waals surface area contributed by atoms with Crippen molar-refractivity contribution < 1.29 is 9.53 Å². The summed E-state index contributed by atoms with van der Waals surface area (Å²) in [5.74, 6) is 0.800. The Hall–Kier alpha value is -1.61. The van der Waals surface area contributed by atoms with E-state index >= 15 is 0 Å². The first-order chi connectivity index (χ1) is 10.7. The van der Waals surface area contributed by atoms with Crippen LogP contribution in [0, 0.1) is 0 Å². The zero-order chi connectivity index (χ0) is 17.1. The Morgan fingerprint density at radius 1 is 0.913 bits per heavy atom. The molecule has 0 spiro atoms. The van der Waals surface area contributed by atoms with Crippen molar-refractivity contribution in [1.29, 1.82) is 0 Å². The molecule has 2 aromatic carbocycles. The summed E-state index contributed by atoms with van der Waals surface area (Å²) in [7, 11) is 0. The van der Waals surface area contributed by atoms with Crippen LogP contribution in [-0.2, 0) is 0 Å². The highest BCUT2D eigenvalue weighted by Gasteiger charge is 2.28. The lowest BCUT2D eigenvalue weighted by Crippen LogP contribution is -2.34. The number of ether oxygens (including phenoxy) is 1. The summed E-state index contributed by atoms with van der Waals surface area (Å²) in [6.45, 7) is 8.39. The second-order valence-corrected chi connectivity index (χ2v) is 9.12. The third-order valence-corrected chi connectivity index (χ3v) is 3.67. The van der Waals surface area contributed by atoms with Gasteiger partial charge in [-0.3, -0.25) is 4.79 Å². The molecule has 0 amide bonds. The molecule has 0 atom stereocenters. The van der Waals surface area contributed by atoms with Gasteiger partial charge in [0.1, 0.15) is 11.4 Å². The first-order valence-electron chi connectivity index (χ1n) is 7.74. The molecule has 0 aliphatic heterocycles. The molecule has 2 aromatic rings. The van der Waals surface area contributed by atoms with Crippen LogP contribution in [0.5, 0.6) is 5.75 Å². The van der Waals surface area contributed by atoms with Crippen LogP contribution in [-0.4, -0.2) is 15.7 Å². The van der Waals surface area contributed by atoms with E-state index in [4.69, 9.17) is 4.74 Å². The molecule has 0 saturated carbocycles. The zero-order valence-corrected chi connectivity index (χ0v) is 15.7. The fourth-order valence-corrected chi connectivity index (χ4v) is 3.47. The average molecular weight is 375 g/mol. The van der Waals surface area contributed by atoms with Crippen LogP contribution < -0.4 is 4.74 Å². The molecular weight excluding hydrogens is 352 g/mol. The third kappa shape index (κ3) is 5.51. The van der Waals surface area contributed by atoms with Crippen molar-refractivity contribution in [2.45, 2.75) is 44.0 Å². The summed E-state index contributed by atoms with van der Waals surface area (Å²) in [5, 5.41) is 0. The Morgan fingerprint density at radius 3 is 1.96 bits per heavy atom. The van der Waals surface area contributed by atoms with E-state index in [0.29, 0.717) is 11.1 Å². The van der Waals surface area contributed by atoms with Crippen LogP contribution in [0.1, 0.15) is 50.0 Å². The highest BCUT2D eigenvalue weighted by Crippen LogP contribution is 2.31. The summed E-state index contributed by atoms with van der Waals surface area (Å²) in [5.41, 5.74) is 1.07. The number of carbonyl (C=O) groups excluding carboxylic acids is 1. The summed E-state index contributed by atoms with van der Waals surface area (Å²) in [6, 6.07) is 16.7. The fourth-order valence-electron chi connectivity index (χ4n) is 2.80. The van der Waals surface area contributed by atoms with Gasteiger partial charge < -0.3 is 4.74 Å². The highest BCUT2D eigenvalue weighted by atomic mass is 79.9. The van der Waals surface area contributed by atoms with E-state index in [9.17, 15) is 4.79 Å². The summed E-state index contributed by atoms with van der Waals surface area (Å²) < 4.78 is 6.09. The van der Waals surface area contributed by atoms with Crippen molar-refractivity contribution in [3.05, 3.63) is 65.7 Å². The molecule has 3 heteroatoms. The molecule has 2 rings (SSSR count). The molecular formula is C20H23BrO2. The summed E-state index contributed by atoms with van der Waals surface area (Å²) in [6.07, 6.45) is 0.866. The lowest BCUT2D eigenvalue weighted by atomic mass is 9.95. The van der Waals surface area contributed by atoms with Gasteiger partial charge in [0.05, 0.1) is 0 Å². The Kier molecular flexibility index (Phi) is 5.30. The Balaban J connectivity index is 2.09. The van der Waals surface area contributed by atoms with E-state index < -0.39 is 0 Å². The van der Waals surface area contributed by atoms with Gasteiger partial charge in [0.15, 0.2) is 5.78 Å². The number of ketones is 1. The molecule has 0 aliphatic carbocycles. The molecule has 0 aliphatic rings. The van der Waals surface area contributed by atoms with Gasteiger partial charge in [0, 0.05) is 21.9 Å². The van der Waals surface area contributed by atoms with Gasteiger partial charge in [0.2, 0.25) is 0 Å². The van der Waals surface area contributed by atoms with Gasteiger partial charge >= 0.3 is 0 Å². The highest BCUT2D eigenvalue weighted by molar-refractivity contribution is 9.10. The molecule has 23 heavy (non-hydrogen) atoms. The molecule has 0 heterocycles. The van der Waals surface area contributed by atoms with Crippen molar-refractivity contribution in [1.82, 2.24) is 0 Å². The minimum atomic E-state index is -0.294. The van der Waals surface area contributed by atoms with Crippen LogP contribution in [0.25, 0.3) is 0 Å². The average Bonchev–Trinajstić information content (AvgIpc) is 2.45. The number of carbonyl (C=O) groups is 1. The Morgan fingerprint density at radius 2 is 1.43 bits per heavy atom.